The fraction of sp³-hybridized carbons (Fsp3) is 0.250. The second-order valence-corrected chi connectivity index (χ2v) is 3.60. The molecule has 0 fully saturated rings. The molecule has 1 aromatic carbocycles. The summed E-state index contributed by atoms with van der Waals surface area (Å²) in [4.78, 5) is 10.8. The number of nitrogens with zero attached hydrogens (tertiary/aromatic N) is 3. The van der Waals surface area contributed by atoms with Crippen LogP contribution in [0.1, 0.15) is 16.2 Å². The molecule has 2 rings (SSSR count). The van der Waals surface area contributed by atoms with Gasteiger partial charge in [-0.25, -0.2) is 4.68 Å². The van der Waals surface area contributed by atoms with Gasteiger partial charge in [0.2, 0.25) is 0 Å². The molecule has 2 aromatic rings. The van der Waals surface area contributed by atoms with Crippen molar-refractivity contribution in [2.75, 3.05) is 14.2 Å². The average molecular weight is 247 g/mol. The van der Waals surface area contributed by atoms with Crippen molar-refractivity contribution in [3.63, 3.8) is 0 Å². The molecule has 18 heavy (non-hydrogen) atoms. The number of hydrogen-bond acceptors (Lipinski definition) is 5. The summed E-state index contributed by atoms with van der Waals surface area (Å²) in [7, 11) is 3.11. The largest absolute Gasteiger partial charge is 0.493 e. The minimum Gasteiger partial charge on any atom is -0.493 e. The number of methoxy groups -OCH3 is 2. The fourth-order valence-corrected chi connectivity index (χ4v) is 1.72. The Hall–Kier alpha value is -2.37. The van der Waals surface area contributed by atoms with E-state index in [1.54, 1.807) is 31.9 Å². The molecule has 0 spiro atoms. The molecule has 6 heteroatoms. The minimum absolute atomic E-state index is 0.305. The van der Waals surface area contributed by atoms with Crippen molar-refractivity contribution in [1.82, 2.24) is 15.0 Å². The number of carbonyl (C=O) groups excluding carboxylic acids is 1. The Bertz CT molecular complexity index is 578. The zero-order valence-electron chi connectivity index (χ0n) is 10.4. The van der Waals surface area contributed by atoms with E-state index in [1.807, 2.05) is 12.1 Å². The molecule has 0 saturated carbocycles. The molecule has 1 aromatic heterocycles. The van der Waals surface area contributed by atoms with Gasteiger partial charge in [0, 0.05) is 0 Å². The van der Waals surface area contributed by atoms with Crippen LogP contribution in [0, 0.1) is 6.92 Å². The highest BCUT2D eigenvalue weighted by molar-refractivity contribution is 5.73. The summed E-state index contributed by atoms with van der Waals surface area (Å²) in [5.41, 5.74) is 1.63. The van der Waals surface area contributed by atoms with Crippen LogP contribution in [0.4, 0.5) is 0 Å². The van der Waals surface area contributed by atoms with Gasteiger partial charge in [-0.15, -0.1) is 5.10 Å². The first-order valence-corrected chi connectivity index (χ1v) is 5.31. The van der Waals surface area contributed by atoms with Crippen LogP contribution in [-0.4, -0.2) is 35.5 Å². The summed E-state index contributed by atoms with van der Waals surface area (Å²) in [6.07, 6.45) is 0.672. The maximum atomic E-state index is 10.8. The molecule has 94 valence electrons. The topological polar surface area (TPSA) is 66.2 Å². The third kappa shape index (κ3) is 1.81. The van der Waals surface area contributed by atoms with Gasteiger partial charge < -0.3 is 9.47 Å². The van der Waals surface area contributed by atoms with Crippen LogP contribution in [0.25, 0.3) is 5.69 Å². The average Bonchev–Trinajstić information content (AvgIpc) is 2.78. The lowest BCUT2D eigenvalue weighted by atomic mass is 10.2. The van der Waals surface area contributed by atoms with Gasteiger partial charge in [-0.2, -0.15) is 0 Å². The number of aldehydes is 1. The van der Waals surface area contributed by atoms with Gasteiger partial charge in [0.15, 0.2) is 17.8 Å². The van der Waals surface area contributed by atoms with E-state index in [4.69, 9.17) is 9.47 Å². The van der Waals surface area contributed by atoms with Crippen molar-refractivity contribution in [2.45, 2.75) is 6.92 Å². The number of para-hydroxylation sites is 1. The number of benzene rings is 1. The van der Waals surface area contributed by atoms with Crippen LogP contribution in [0.3, 0.4) is 0 Å². The van der Waals surface area contributed by atoms with Gasteiger partial charge in [-0.1, -0.05) is 11.3 Å². The Balaban J connectivity index is 2.63. The monoisotopic (exact) mass is 247 g/mol. The number of ether oxygens (including phenoxy) is 2. The van der Waals surface area contributed by atoms with E-state index in [-0.39, 0.29) is 0 Å². The highest BCUT2D eigenvalue weighted by Gasteiger charge is 2.16. The molecular weight excluding hydrogens is 234 g/mol. The minimum atomic E-state index is 0.305. The highest BCUT2D eigenvalue weighted by atomic mass is 16.5. The molecule has 0 N–H and O–H groups in total. The molecule has 0 bridgehead atoms. The predicted octanol–water partition coefficient (Wildman–Crippen LogP) is 1.41. The third-order valence-electron chi connectivity index (χ3n) is 2.65. The van der Waals surface area contributed by atoms with E-state index in [0.717, 1.165) is 0 Å². The van der Waals surface area contributed by atoms with Crippen molar-refractivity contribution in [2.24, 2.45) is 0 Å². The van der Waals surface area contributed by atoms with Crippen molar-refractivity contribution >= 4 is 6.29 Å². The molecule has 0 radical (unpaired) electrons. The molecular formula is C12H13N3O3. The van der Waals surface area contributed by atoms with E-state index in [2.05, 4.69) is 10.3 Å². The van der Waals surface area contributed by atoms with Gasteiger partial charge in [-0.05, 0) is 19.1 Å². The van der Waals surface area contributed by atoms with Crippen molar-refractivity contribution in [3.8, 4) is 17.2 Å². The van der Waals surface area contributed by atoms with Gasteiger partial charge in [-0.3, -0.25) is 4.79 Å². The summed E-state index contributed by atoms with van der Waals surface area (Å²) in [6.45, 7) is 1.77. The molecule has 0 aliphatic rings. The second kappa shape index (κ2) is 4.87. The number of aromatic nitrogens is 3. The molecule has 0 aliphatic heterocycles. The van der Waals surface area contributed by atoms with Gasteiger partial charge in [0.25, 0.3) is 0 Å². The number of carbonyl (C=O) groups is 1. The quantitative estimate of drug-likeness (QED) is 0.764. The van der Waals surface area contributed by atoms with Crippen molar-refractivity contribution < 1.29 is 14.3 Å². The van der Waals surface area contributed by atoms with Crippen LogP contribution in [0.5, 0.6) is 11.5 Å². The highest BCUT2D eigenvalue weighted by Crippen LogP contribution is 2.33. The van der Waals surface area contributed by atoms with Gasteiger partial charge in [0.05, 0.1) is 19.9 Å². The predicted molar refractivity (Wildman–Crippen MR) is 64.6 cm³/mol. The Kier molecular flexibility index (Phi) is 3.27. The van der Waals surface area contributed by atoms with Crippen LogP contribution in [-0.2, 0) is 0 Å². The van der Waals surface area contributed by atoms with E-state index in [9.17, 15) is 4.79 Å². The molecule has 0 atom stereocenters. The maximum Gasteiger partial charge on any atom is 0.186 e. The first kappa shape index (κ1) is 12.1. The SMILES string of the molecule is COc1cccc(-n2nnc(C=O)c2C)c1OC. The molecule has 0 amide bonds. The van der Waals surface area contributed by atoms with E-state index in [0.29, 0.717) is 34.9 Å². The number of rotatable bonds is 4. The lowest BCUT2D eigenvalue weighted by Crippen LogP contribution is -2.03. The van der Waals surface area contributed by atoms with Crippen LogP contribution in [0.2, 0.25) is 0 Å². The molecule has 0 aliphatic carbocycles. The number of hydrogen-bond donors (Lipinski definition) is 0. The first-order valence-electron chi connectivity index (χ1n) is 5.31. The molecule has 0 unspecified atom stereocenters. The second-order valence-electron chi connectivity index (χ2n) is 3.60. The fourth-order valence-electron chi connectivity index (χ4n) is 1.72. The smallest absolute Gasteiger partial charge is 0.186 e. The lowest BCUT2D eigenvalue weighted by Gasteiger charge is -2.12. The zero-order valence-corrected chi connectivity index (χ0v) is 10.4. The van der Waals surface area contributed by atoms with E-state index >= 15 is 0 Å². The van der Waals surface area contributed by atoms with E-state index in [1.165, 1.54) is 0 Å². The normalized spacial score (nSPS) is 10.2. The van der Waals surface area contributed by atoms with Crippen LogP contribution >= 0.6 is 0 Å². The third-order valence-corrected chi connectivity index (χ3v) is 2.65. The summed E-state index contributed by atoms with van der Waals surface area (Å²) < 4.78 is 12.1. The molecule has 6 nitrogen and oxygen atoms in total. The van der Waals surface area contributed by atoms with E-state index < -0.39 is 0 Å². The Morgan fingerprint density at radius 3 is 2.61 bits per heavy atom. The summed E-state index contributed by atoms with van der Waals surface area (Å²) in [5, 5.41) is 7.73. The lowest BCUT2D eigenvalue weighted by molar-refractivity contribution is 0.111. The standard InChI is InChI=1S/C12H13N3O3/c1-8-9(7-16)13-14-15(8)10-5-4-6-11(17-2)12(10)18-3/h4-7H,1-3H3. The zero-order chi connectivity index (χ0) is 13.1. The maximum absolute atomic E-state index is 10.8. The van der Waals surface area contributed by atoms with Crippen LogP contribution in [0.15, 0.2) is 18.2 Å². The summed E-state index contributed by atoms with van der Waals surface area (Å²) >= 11 is 0. The van der Waals surface area contributed by atoms with Crippen molar-refractivity contribution in [1.29, 1.82) is 0 Å². The molecule has 0 saturated heterocycles. The summed E-state index contributed by atoms with van der Waals surface area (Å²) in [6, 6.07) is 5.42. The Morgan fingerprint density at radius 2 is 2.06 bits per heavy atom. The van der Waals surface area contributed by atoms with Gasteiger partial charge in [0.1, 0.15) is 11.4 Å². The first-order chi connectivity index (χ1) is 8.72. The Labute approximate surface area is 104 Å². The summed E-state index contributed by atoms with van der Waals surface area (Å²) in [5.74, 6) is 1.14. The Morgan fingerprint density at radius 1 is 1.28 bits per heavy atom. The van der Waals surface area contributed by atoms with Gasteiger partial charge >= 0.3 is 0 Å². The molecule has 1 heterocycles. The van der Waals surface area contributed by atoms with Crippen LogP contribution < -0.4 is 9.47 Å². The van der Waals surface area contributed by atoms with Crippen molar-refractivity contribution in [3.05, 3.63) is 29.6 Å².